The van der Waals surface area contributed by atoms with Crippen LogP contribution in [0, 0.1) is 0 Å². The minimum absolute atomic E-state index is 0.0572. The lowest BCUT2D eigenvalue weighted by molar-refractivity contribution is -0.136. The molecule has 2 aromatic rings. The van der Waals surface area contributed by atoms with Crippen LogP contribution in [-0.2, 0) is 28.7 Å². The first-order valence-corrected chi connectivity index (χ1v) is 12.9. The van der Waals surface area contributed by atoms with E-state index in [1.54, 1.807) is 24.3 Å². The van der Waals surface area contributed by atoms with Crippen molar-refractivity contribution in [2.24, 2.45) is 9.98 Å². The quantitative estimate of drug-likeness (QED) is 0.379. The van der Waals surface area contributed by atoms with E-state index in [9.17, 15) is 19.2 Å². The molecule has 0 spiro atoms. The third kappa shape index (κ3) is 6.39. The molecule has 0 atom stereocenters. The van der Waals surface area contributed by atoms with Gasteiger partial charge in [0, 0.05) is 25.2 Å². The smallest absolute Gasteiger partial charge is 0.331 e. The van der Waals surface area contributed by atoms with E-state index in [4.69, 9.17) is 0 Å². The van der Waals surface area contributed by atoms with Crippen molar-refractivity contribution < 1.29 is 28.7 Å². The van der Waals surface area contributed by atoms with E-state index < -0.39 is 23.8 Å². The summed E-state index contributed by atoms with van der Waals surface area (Å²) in [4.78, 5) is 62.3. The molecule has 10 nitrogen and oxygen atoms in total. The number of rotatable bonds is 7. The van der Waals surface area contributed by atoms with E-state index in [0.717, 1.165) is 35.7 Å². The highest BCUT2D eigenvalue weighted by atomic mass is 32.2. The Kier molecular flexibility index (Phi) is 8.77. The van der Waals surface area contributed by atoms with Gasteiger partial charge in [0.1, 0.15) is 0 Å². The lowest BCUT2D eigenvalue weighted by atomic mass is 10.3. The van der Waals surface area contributed by atoms with Gasteiger partial charge in [-0.2, -0.15) is 0 Å². The number of para-hydroxylation sites is 2. The molecule has 194 valence electrons. The van der Waals surface area contributed by atoms with Crippen molar-refractivity contribution in [2.75, 3.05) is 27.3 Å². The maximum absolute atomic E-state index is 13.2. The zero-order valence-corrected chi connectivity index (χ0v) is 22.0. The molecule has 0 aromatic heterocycles. The number of carbonyl (C=O) groups excluding carboxylic acids is 4. The third-order valence-electron chi connectivity index (χ3n) is 5.19. The number of thioether (sulfide) groups is 2. The van der Waals surface area contributed by atoms with Gasteiger partial charge >= 0.3 is 11.9 Å². The lowest BCUT2D eigenvalue weighted by Gasteiger charge is -2.21. The van der Waals surface area contributed by atoms with Crippen molar-refractivity contribution in [1.82, 2.24) is 9.80 Å². The van der Waals surface area contributed by atoms with Crippen LogP contribution < -0.4 is 0 Å². The van der Waals surface area contributed by atoms with Crippen LogP contribution in [0.25, 0.3) is 0 Å². The number of amides is 2. The topological polar surface area (TPSA) is 118 Å². The molecular formula is C26H22N4O6S2. The fourth-order valence-corrected chi connectivity index (χ4v) is 5.30. The molecular weight excluding hydrogens is 528 g/mol. The second-order valence-corrected chi connectivity index (χ2v) is 9.66. The number of methoxy groups -OCH3 is 2. The number of ether oxygens (including phenoxy) is 2. The molecule has 0 unspecified atom stereocenters. The molecule has 0 saturated carbocycles. The normalized spacial score (nSPS) is 19.7. The van der Waals surface area contributed by atoms with Gasteiger partial charge in [-0.15, -0.1) is 0 Å². The number of amidine groups is 2. The maximum Gasteiger partial charge on any atom is 0.331 e. The van der Waals surface area contributed by atoms with Gasteiger partial charge in [-0.3, -0.25) is 19.4 Å². The zero-order chi connectivity index (χ0) is 27.1. The fraction of sp³-hybridized carbons (Fsp3) is 0.154. The molecule has 0 aliphatic carbocycles. The van der Waals surface area contributed by atoms with Crippen molar-refractivity contribution in [3.05, 3.63) is 82.6 Å². The zero-order valence-electron chi connectivity index (χ0n) is 20.4. The number of hydrogen-bond donors (Lipinski definition) is 0. The van der Waals surface area contributed by atoms with Gasteiger partial charge in [-0.05, 0) is 47.8 Å². The number of benzene rings is 2. The van der Waals surface area contributed by atoms with Crippen molar-refractivity contribution in [2.45, 2.75) is 0 Å². The van der Waals surface area contributed by atoms with Crippen LogP contribution >= 0.6 is 23.5 Å². The van der Waals surface area contributed by atoms with Crippen LogP contribution in [0.4, 0.5) is 11.4 Å². The van der Waals surface area contributed by atoms with E-state index >= 15 is 0 Å². The van der Waals surface area contributed by atoms with Crippen LogP contribution in [-0.4, -0.2) is 71.2 Å². The molecule has 2 aliphatic rings. The highest BCUT2D eigenvalue weighted by Gasteiger charge is 2.38. The Bertz CT molecular complexity index is 1270. The van der Waals surface area contributed by atoms with Crippen molar-refractivity contribution in [3.63, 3.8) is 0 Å². The fourth-order valence-electron chi connectivity index (χ4n) is 3.33. The molecule has 2 aromatic carbocycles. The molecule has 0 radical (unpaired) electrons. The van der Waals surface area contributed by atoms with Gasteiger partial charge < -0.3 is 9.47 Å². The van der Waals surface area contributed by atoms with Gasteiger partial charge in [0.2, 0.25) is 0 Å². The standard InChI is InChI=1S/C26H22N4O6S2/c1-35-21(31)15-19-23(33)29(25(37-19)27-17-9-5-3-6-10-17)13-14-30-24(34)20(16-22(32)36-2)38-26(30)28-18-11-7-4-8-12-18/h3-12,15-16H,13-14H2,1-2H3/b19-15-,20-16-,27-25?,28-26?. The second-order valence-electron chi connectivity index (χ2n) is 7.64. The first kappa shape index (κ1) is 26.9. The molecule has 0 bridgehead atoms. The molecule has 4 rings (SSSR count). The number of carbonyl (C=O) groups is 4. The summed E-state index contributed by atoms with van der Waals surface area (Å²) in [7, 11) is 2.45. The van der Waals surface area contributed by atoms with E-state index in [1.165, 1.54) is 24.0 Å². The summed E-state index contributed by atoms with van der Waals surface area (Å²) in [6, 6.07) is 18.1. The van der Waals surface area contributed by atoms with Crippen molar-refractivity contribution in [1.29, 1.82) is 0 Å². The Hall–Kier alpha value is -4.16. The van der Waals surface area contributed by atoms with Crippen molar-refractivity contribution in [3.8, 4) is 0 Å². The molecule has 2 aliphatic heterocycles. The van der Waals surface area contributed by atoms with Crippen LogP contribution in [0.5, 0.6) is 0 Å². The summed E-state index contributed by atoms with van der Waals surface area (Å²) in [6.45, 7) is 0.114. The maximum atomic E-state index is 13.2. The average Bonchev–Trinajstić information content (AvgIpc) is 3.37. The van der Waals surface area contributed by atoms with Crippen LogP contribution in [0.15, 0.2) is 92.6 Å². The Morgan fingerprint density at radius 2 is 1.08 bits per heavy atom. The summed E-state index contributed by atoms with van der Waals surface area (Å²) < 4.78 is 9.35. The minimum Gasteiger partial charge on any atom is -0.466 e. The van der Waals surface area contributed by atoms with Crippen LogP contribution in [0.2, 0.25) is 0 Å². The van der Waals surface area contributed by atoms with E-state index in [-0.39, 0.29) is 22.9 Å². The summed E-state index contributed by atoms with van der Waals surface area (Å²) in [5.41, 5.74) is 1.24. The largest absolute Gasteiger partial charge is 0.466 e. The Balaban J connectivity index is 1.64. The van der Waals surface area contributed by atoms with Crippen LogP contribution in [0.3, 0.4) is 0 Å². The Labute approximate surface area is 227 Å². The predicted octanol–water partition coefficient (Wildman–Crippen LogP) is 3.63. The number of esters is 2. The molecule has 38 heavy (non-hydrogen) atoms. The number of aliphatic imine (C=N–C) groups is 2. The summed E-state index contributed by atoms with van der Waals surface area (Å²) >= 11 is 2.08. The number of nitrogens with zero attached hydrogens (tertiary/aromatic N) is 4. The summed E-state index contributed by atoms with van der Waals surface area (Å²) in [5, 5.41) is 0.699. The molecule has 2 amide bonds. The van der Waals surface area contributed by atoms with E-state index in [0.29, 0.717) is 21.7 Å². The summed E-state index contributed by atoms with van der Waals surface area (Å²) in [5.74, 6) is -2.21. The van der Waals surface area contributed by atoms with Gasteiger partial charge in [0.15, 0.2) is 10.3 Å². The van der Waals surface area contributed by atoms with Crippen LogP contribution in [0.1, 0.15) is 0 Å². The predicted molar refractivity (Wildman–Crippen MR) is 146 cm³/mol. The molecule has 2 heterocycles. The van der Waals surface area contributed by atoms with Gasteiger partial charge in [-0.1, -0.05) is 36.4 Å². The van der Waals surface area contributed by atoms with Crippen molar-refractivity contribution >= 4 is 69.0 Å². The molecule has 12 heteroatoms. The highest BCUT2D eigenvalue weighted by Crippen LogP contribution is 2.35. The van der Waals surface area contributed by atoms with E-state index in [1.807, 2.05) is 36.4 Å². The van der Waals surface area contributed by atoms with E-state index in [2.05, 4.69) is 19.5 Å². The first-order valence-electron chi connectivity index (χ1n) is 11.3. The molecule has 0 N–H and O–H groups in total. The van der Waals surface area contributed by atoms with Gasteiger partial charge in [-0.25, -0.2) is 19.6 Å². The summed E-state index contributed by atoms with van der Waals surface area (Å²) in [6.07, 6.45) is 2.23. The van der Waals surface area contributed by atoms with Gasteiger partial charge in [0.05, 0.1) is 35.4 Å². The molecule has 2 saturated heterocycles. The average molecular weight is 551 g/mol. The Morgan fingerprint density at radius 3 is 1.42 bits per heavy atom. The Morgan fingerprint density at radius 1 is 0.711 bits per heavy atom. The lowest BCUT2D eigenvalue weighted by Crippen LogP contribution is -2.40. The second kappa shape index (κ2) is 12.4. The highest BCUT2D eigenvalue weighted by molar-refractivity contribution is 8.19. The monoisotopic (exact) mass is 550 g/mol. The first-order chi connectivity index (χ1) is 18.4. The SMILES string of the molecule is COC(=O)/C=C1\SC(=Nc2ccccc2)N(CCN2C(=O)/C(=C/C(=O)OC)SC2=Nc2ccccc2)C1=O. The minimum atomic E-state index is -0.664. The number of hydrogen-bond acceptors (Lipinski definition) is 10. The third-order valence-corrected chi connectivity index (χ3v) is 7.20. The van der Waals surface area contributed by atoms with Gasteiger partial charge in [0.25, 0.3) is 11.8 Å². The molecule has 2 fully saturated rings.